The van der Waals surface area contributed by atoms with Gasteiger partial charge in [0.1, 0.15) is 12.1 Å². The quantitative estimate of drug-likeness (QED) is 0.232. The Labute approximate surface area is 257 Å². The number of nitrogens with one attached hydrogen (secondary N) is 1. The first-order chi connectivity index (χ1) is 19.9. The summed E-state index contributed by atoms with van der Waals surface area (Å²) >= 11 is 1.76. The molecule has 1 aliphatic rings. The second-order valence-corrected chi connectivity index (χ2v) is 18.7. The van der Waals surface area contributed by atoms with E-state index in [1.54, 1.807) is 11.3 Å². The molecule has 228 valence electrons. The number of hydrogen-bond acceptors (Lipinski definition) is 7. The first-order valence-corrected chi connectivity index (χ1v) is 19.1. The summed E-state index contributed by atoms with van der Waals surface area (Å²) in [5.74, 6) is 0.892. The third kappa shape index (κ3) is 7.99. The average Bonchev–Trinajstić information content (AvgIpc) is 3.45. The zero-order valence-corrected chi connectivity index (χ0v) is 28.6. The number of piperidine rings is 1. The molecule has 1 saturated heterocycles. The molecule has 42 heavy (non-hydrogen) atoms. The van der Waals surface area contributed by atoms with Gasteiger partial charge < -0.3 is 19.5 Å². The van der Waals surface area contributed by atoms with Crippen molar-refractivity contribution in [1.82, 2.24) is 20.2 Å². The monoisotopic (exact) mass is 607 g/mol. The normalized spacial score (nSPS) is 15.8. The lowest BCUT2D eigenvalue weighted by Gasteiger charge is -2.42. The molecule has 1 aliphatic heterocycles. The molecule has 1 atom stereocenters. The molecule has 1 amide bonds. The van der Waals surface area contributed by atoms with Gasteiger partial charge in [-0.05, 0) is 105 Å². The van der Waals surface area contributed by atoms with E-state index in [1.807, 2.05) is 13.8 Å². The minimum atomic E-state index is -1.88. The molecule has 3 aromatic rings. The highest BCUT2D eigenvalue weighted by atomic mass is 32.1. The number of carbonyl (C=O) groups excluding carboxylic acids is 1. The molecule has 0 saturated carbocycles. The van der Waals surface area contributed by atoms with Gasteiger partial charge in [-0.15, -0.1) is 0 Å². The van der Waals surface area contributed by atoms with E-state index in [4.69, 9.17) is 4.43 Å². The van der Waals surface area contributed by atoms with Crippen LogP contribution in [0.5, 0.6) is 5.75 Å². The van der Waals surface area contributed by atoms with Gasteiger partial charge in [-0.1, -0.05) is 20.8 Å². The summed E-state index contributed by atoms with van der Waals surface area (Å²) in [6, 6.07) is 11.9. The molecule has 9 heteroatoms. The Morgan fingerprint density at radius 1 is 1.12 bits per heavy atom. The van der Waals surface area contributed by atoms with Crippen LogP contribution in [0.2, 0.25) is 18.1 Å². The Morgan fingerprint density at radius 3 is 2.33 bits per heavy atom. The Morgan fingerprint density at radius 2 is 1.76 bits per heavy atom. The summed E-state index contributed by atoms with van der Waals surface area (Å²) in [4.78, 5) is 26.3. The highest BCUT2D eigenvalue weighted by Crippen LogP contribution is 2.38. The van der Waals surface area contributed by atoms with E-state index in [2.05, 4.69) is 107 Å². The molecular weight excluding hydrogens is 559 g/mol. The number of nitrogens with zero attached hydrogens (tertiary/aromatic N) is 4. The number of likely N-dealkylation sites (tertiary alicyclic amines) is 1. The van der Waals surface area contributed by atoms with Crippen molar-refractivity contribution < 1.29 is 9.22 Å². The van der Waals surface area contributed by atoms with E-state index in [9.17, 15) is 4.79 Å². The number of aromatic nitrogens is 2. The fraction of sp³-hybridized carbons (Fsp3) is 0.545. The van der Waals surface area contributed by atoms with Gasteiger partial charge in [-0.25, -0.2) is 9.97 Å². The van der Waals surface area contributed by atoms with Crippen LogP contribution in [0.3, 0.4) is 0 Å². The van der Waals surface area contributed by atoms with Crippen molar-refractivity contribution in [3.05, 3.63) is 69.9 Å². The molecule has 2 aromatic heterocycles. The number of hydrogen-bond donors (Lipinski definition) is 1. The van der Waals surface area contributed by atoms with Gasteiger partial charge in [0.2, 0.25) is 8.32 Å². The molecule has 4 rings (SSSR count). The molecule has 0 aliphatic carbocycles. The lowest BCUT2D eigenvalue weighted by Crippen LogP contribution is -2.48. The van der Waals surface area contributed by atoms with E-state index in [1.165, 1.54) is 17.6 Å². The minimum Gasteiger partial charge on any atom is -0.544 e. The minimum absolute atomic E-state index is 0.0821. The van der Waals surface area contributed by atoms with E-state index in [0.29, 0.717) is 24.2 Å². The molecule has 1 N–H and O–H groups in total. The third-order valence-electron chi connectivity index (χ3n) is 9.14. The summed E-state index contributed by atoms with van der Waals surface area (Å²) in [5, 5.41) is 7.69. The summed E-state index contributed by atoms with van der Waals surface area (Å²) in [7, 11) is -1.88. The first-order valence-electron chi connectivity index (χ1n) is 15.2. The molecule has 3 heterocycles. The van der Waals surface area contributed by atoms with Crippen molar-refractivity contribution in [3.8, 4) is 5.75 Å². The second kappa shape index (κ2) is 13.7. The summed E-state index contributed by atoms with van der Waals surface area (Å²) in [6.07, 6.45) is 4.65. The number of rotatable bonds is 11. The van der Waals surface area contributed by atoms with Crippen LogP contribution >= 0.6 is 11.3 Å². The van der Waals surface area contributed by atoms with Crippen LogP contribution in [0, 0.1) is 13.8 Å². The van der Waals surface area contributed by atoms with Gasteiger partial charge in [-0.3, -0.25) is 4.79 Å². The Kier molecular flexibility index (Phi) is 10.5. The van der Waals surface area contributed by atoms with Crippen molar-refractivity contribution >= 4 is 31.2 Å². The van der Waals surface area contributed by atoms with Gasteiger partial charge >= 0.3 is 0 Å². The van der Waals surface area contributed by atoms with Crippen molar-refractivity contribution in [2.45, 2.75) is 97.6 Å². The maximum absolute atomic E-state index is 12.7. The van der Waals surface area contributed by atoms with Gasteiger partial charge in [0.15, 0.2) is 0 Å². The van der Waals surface area contributed by atoms with Crippen LogP contribution in [-0.2, 0) is 6.54 Å². The molecular formula is C33H49N5O2SSi. The summed E-state index contributed by atoms with van der Waals surface area (Å²) in [6.45, 7) is 21.1. The summed E-state index contributed by atoms with van der Waals surface area (Å²) in [5.41, 5.74) is 4.66. The Hall–Kier alpha value is -2.75. The molecule has 0 bridgehead atoms. The number of aryl methyl sites for hydroxylation is 2. The predicted octanol–water partition coefficient (Wildman–Crippen LogP) is 7.22. The Bertz CT molecular complexity index is 1280. The standard InChI is InChI=1S/C33H49N5O2SSi/c1-24(13-17-34-32(39)31-25(2)35-23-36-26(31)3)37-18-14-29(15-19-37)38(21-27-16-20-41-22-27)28-9-11-30(12-10-28)40-42(7,8)33(4,5)6/h9-12,16,20,22-24,29H,13-15,17-19,21H2,1-8H3,(H,34,39)/t24-/m1/s1. The van der Waals surface area contributed by atoms with E-state index in [0.717, 1.165) is 56.0 Å². The highest BCUT2D eigenvalue weighted by molar-refractivity contribution is 7.07. The van der Waals surface area contributed by atoms with E-state index < -0.39 is 8.32 Å². The Balaban J connectivity index is 1.34. The van der Waals surface area contributed by atoms with Crippen LogP contribution in [0.25, 0.3) is 0 Å². The second-order valence-electron chi connectivity index (χ2n) is 13.2. The molecule has 7 nitrogen and oxygen atoms in total. The molecule has 0 unspecified atom stereocenters. The van der Waals surface area contributed by atoms with E-state index >= 15 is 0 Å². The lowest BCUT2D eigenvalue weighted by molar-refractivity contribution is 0.0943. The number of benzene rings is 1. The number of amides is 1. The van der Waals surface area contributed by atoms with Gasteiger partial charge in [-0.2, -0.15) is 11.3 Å². The molecule has 1 fully saturated rings. The van der Waals surface area contributed by atoms with Crippen LogP contribution in [0.1, 0.15) is 74.3 Å². The number of anilines is 1. The molecule has 0 radical (unpaired) electrons. The van der Waals surface area contributed by atoms with E-state index in [-0.39, 0.29) is 10.9 Å². The van der Waals surface area contributed by atoms with Crippen LogP contribution < -0.4 is 14.6 Å². The highest BCUT2D eigenvalue weighted by Gasteiger charge is 2.39. The van der Waals surface area contributed by atoms with Crippen molar-refractivity contribution in [2.24, 2.45) is 0 Å². The van der Waals surface area contributed by atoms with Crippen LogP contribution in [-0.4, -0.2) is 60.8 Å². The lowest BCUT2D eigenvalue weighted by atomic mass is 9.99. The zero-order valence-electron chi connectivity index (χ0n) is 26.7. The summed E-state index contributed by atoms with van der Waals surface area (Å²) < 4.78 is 6.56. The van der Waals surface area contributed by atoms with Crippen LogP contribution in [0.15, 0.2) is 47.4 Å². The predicted molar refractivity (Wildman–Crippen MR) is 177 cm³/mol. The molecule has 0 spiro atoms. The fourth-order valence-electron chi connectivity index (χ4n) is 5.39. The largest absolute Gasteiger partial charge is 0.544 e. The molecule has 1 aromatic carbocycles. The average molecular weight is 608 g/mol. The van der Waals surface area contributed by atoms with Crippen molar-refractivity contribution in [1.29, 1.82) is 0 Å². The maximum atomic E-state index is 12.7. The maximum Gasteiger partial charge on any atom is 0.254 e. The number of thiophene rings is 1. The van der Waals surface area contributed by atoms with Crippen molar-refractivity contribution in [3.63, 3.8) is 0 Å². The van der Waals surface area contributed by atoms with Gasteiger partial charge in [0, 0.05) is 44.0 Å². The van der Waals surface area contributed by atoms with Gasteiger partial charge in [0.05, 0.1) is 17.0 Å². The van der Waals surface area contributed by atoms with Crippen LogP contribution in [0.4, 0.5) is 5.69 Å². The smallest absolute Gasteiger partial charge is 0.254 e. The SMILES string of the molecule is Cc1ncnc(C)c1C(=O)NCC[C@@H](C)N1CCC(N(Cc2ccsc2)c2ccc(O[Si](C)(C)C(C)(C)C)cc2)CC1. The fourth-order valence-corrected chi connectivity index (χ4v) is 7.08. The first kappa shape index (κ1) is 32.2. The zero-order chi connectivity index (χ0) is 30.5. The third-order valence-corrected chi connectivity index (χ3v) is 14.2. The van der Waals surface area contributed by atoms with Gasteiger partial charge in [0.25, 0.3) is 5.91 Å². The van der Waals surface area contributed by atoms with Crippen molar-refractivity contribution in [2.75, 3.05) is 24.5 Å². The number of carbonyl (C=O) groups is 1. The topological polar surface area (TPSA) is 70.6 Å².